The second kappa shape index (κ2) is 10.3. The van der Waals surface area contributed by atoms with Gasteiger partial charge >= 0.3 is 32.7 Å². The summed E-state index contributed by atoms with van der Waals surface area (Å²) in [4.78, 5) is 5.07. The molecule has 2 heteroatoms. The van der Waals surface area contributed by atoms with Crippen LogP contribution in [-0.4, -0.2) is 11.3 Å². The molecule has 0 aromatic heterocycles. The van der Waals surface area contributed by atoms with Gasteiger partial charge in [-0.05, 0) is 38.5 Å². The Labute approximate surface area is 182 Å². The SMILES string of the molecule is CC(C)(CC1=CC[C-]=CC1)C1=NC(C)(C)C(C)(C)C1.[CH2-]/C=C\C[CH2-].[Y+3]. The van der Waals surface area contributed by atoms with Crippen molar-refractivity contribution < 1.29 is 32.7 Å². The van der Waals surface area contributed by atoms with E-state index in [0.29, 0.717) is 0 Å². The maximum atomic E-state index is 5.07. The van der Waals surface area contributed by atoms with Crippen LogP contribution in [0.2, 0.25) is 0 Å². The van der Waals surface area contributed by atoms with E-state index in [-0.39, 0.29) is 49.1 Å². The van der Waals surface area contributed by atoms with Crippen molar-refractivity contribution in [3.63, 3.8) is 0 Å². The van der Waals surface area contributed by atoms with Crippen LogP contribution < -0.4 is 0 Å². The maximum absolute atomic E-state index is 5.07. The molecular formula is C23H36NY. The molecule has 0 spiro atoms. The van der Waals surface area contributed by atoms with E-state index in [0.717, 1.165) is 32.1 Å². The number of allylic oxidation sites excluding steroid dienone is 6. The Morgan fingerprint density at radius 2 is 1.92 bits per heavy atom. The predicted molar refractivity (Wildman–Crippen MR) is 108 cm³/mol. The minimum atomic E-state index is 0. The molecule has 0 aromatic rings. The van der Waals surface area contributed by atoms with E-state index in [1.807, 2.05) is 6.08 Å². The molecule has 1 nitrogen and oxygen atoms in total. The molecule has 0 amide bonds. The summed E-state index contributed by atoms with van der Waals surface area (Å²) in [6.07, 6.45) is 16.6. The Balaban J connectivity index is 0.000000848. The van der Waals surface area contributed by atoms with Gasteiger partial charge in [-0.25, -0.2) is 19.4 Å². The van der Waals surface area contributed by atoms with Gasteiger partial charge in [0.05, 0.1) is 5.54 Å². The van der Waals surface area contributed by atoms with Gasteiger partial charge in [0, 0.05) is 11.1 Å². The first kappa shape index (κ1) is 24.9. The third-order valence-electron chi connectivity index (χ3n) is 5.48. The van der Waals surface area contributed by atoms with Crippen molar-refractivity contribution in [1.29, 1.82) is 0 Å². The predicted octanol–water partition coefficient (Wildman–Crippen LogP) is 6.73. The molecule has 0 saturated carbocycles. The first-order valence-electron chi connectivity index (χ1n) is 9.11. The molecule has 0 aromatic carbocycles. The van der Waals surface area contributed by atoms with Crippen molar-refractivity contribution in [2.45, 2.75) is 79.2 Å². The van der Waals surface area contributed by atoms with Crippen molar-refractivity contribution >= 4 is 5.71 Å². The van der Waals surface area contributed by atoms with Crippen molar-refractivity contribution in [1.82, 2.24) is 0 Å². The van der Waals surface area contributed by atoms with Crippen molar-refractivity contribution in [3.8, 4) is 0 Å². The summed E-state index contributed by atoms with van der Waals surface area (Å²) in [6.45, 7) is 20.9. The van der Waals surface area contributed by atoms with E-state index >= 15 is 0 Å². The monoisotopic (exact) mass is 415 g/mol. The molecule has 25 heavy (non-hydrogen) atoms. The van der Waals surface area contributed by atoms with Crippen LogP contribution in [0.25, 0.3) is 0 Å². The van der Waals surface area contributed by atoms with E-state index in [4.69, 9.17) is 4.99 Å². The summed E-state index contributed by atoms with van der Waals surface area (Å²) < 4.78 is 0. The van der Waals surface area contributed by atoms with Crippen LogP contribution in [0.3, 0.4) is 0 Å². The smallest absolute Gasteiger partial charge is 0.496 e. The van der Waals surface area contributed by atoms with Gasteiger partial charge in [0.1, 0.15) is 0 Å². The van der Waals surface area contributed by atoms with Crippen LogP contribution in [-0.2, 0) is 32.7 Å². The average Bonchev–Trinajstić information content (AvgIpc) is 2.70. The molecule has 0 atom stereocenters. The number of aliphatic imine (C=N–C) groups is 1. The zero-order valence-electron chi connectivity index (χ0n) is 17.3. The molecule has 1 aliphatic carbocycles. The summed E-state index contributed by atoms with van der Waals surface area (Å²) >= 11 is 0. The van der Waals surface area contributed by atoms with Gasteiger partial charge in [-0.3, -0.25) is 17.1 Å². The van der Waals surface area contributed by atoms with Gasteiger partial charge in [-0.15, -0.1) is 6.08 Å². The third-order valence-corrected chi connectivity index (χ3v) is 5.48. The number of nitrogens with zero attached hydrogens (tertiary/aromatic N) is 1. The van der Waals surface area contributed by atoms with E-state index in [1.54, 1.807) is 11.6 Å². The number of hydrogen-bond donors (Lipinski definition) is 0. The van der Waals surface area contributed by atoms with Gasteiger partial charge in [0.2, 0.25) is 0 Å². The molecular weight excluding hydrogens is 379 g/mol. The summed E-state index contributed by atoms with van der Waals surface area (Å²) in [5, 5.41) is 0. The topological polar surface area (TPSA) is 12.4 Å². The Morgan fingerprint density at radius 3 is 2.28 bits per heavy atom. The molecule has 2 aliphatic rings. The summed E-state index contributed by atoms with van der Waals surface area (Å²) in [6, 6.07) is 0. The fourth-order valence-corrected chi connectivity index (χ4v) is 3.06. The maximum Gasteiger partial charge on any atom is 3.00 e. The number of rotatable bonds is 4. The standard InChI is InChI=1S/C18H28N.C5H8.Y/c1-16(2,12-14-10-8-7-9-11-14)15-13-17(3,4)18(5,6)19-15;1-3-5-4-2;/h8,11H,9-10,12-13H2,1-6H3;3,5H,1-2,4H2;/q-1;-2;+3/b;5-3-;. The van der Waals surface area contributed by atoms with Gasteiger partial charge < -0.3 is 13.0 Å². The molecule has 2 rings (SSSR count). The van der Waals surface area contributed by atoms with E-state index in [2.05, 4.69) is 73.6 Å². The van der Waals surface area contributed by atoms with Crippen LogP contribution in [0.5, 0.6) is 0 Å². The Kier molecular flexibility index (Phi) is 10.2. The van der Waals surface area contributed by atoms with Gasteiger partial charge in [0.25, 0.3) is 0 Å². The minimum absolute atomic E-state index is 0. The second-order valence-electron chi connectivity index (χ2n) is 8.68. The van der Waals surface area contributed by atoms with Crippen LogP contribution in [0.1, 0.15) is 73.6 Å². The van der Waals surface area contributed by atoms with Crippen LogP contribution >= 0.6 is 0 Å². The number of hydrogen-bond acceptors (Lipinski definition) is 1. The largest absolute Gasteiger partial charge is 3.00 e. The van der Waals surface area contributed by atoms with Crippen LogP contribution in [0, 0.1) is 30.8 Å². The van der Waals surface area contributed by atoms with Gasteiger partial charge in [0.15, 0.2) is 0 Å². The molecule has 136 valence electrons. The third kappa shape index (κ3) is 7.18. The molecule has 0 saturated heterocycles. The average molecular weight is 415 g/mol. The van der Waals surface area contributed by atoms with Gasteiger partial charge in [-0.1, -0.05) is 33.3 Å². The van der Waals surface area contributed by atoms with Crippen molar-refractivity contribution in [3.05, 3.63) is 49.8 Å². The molecule has 0 unspecified atom stereocenters. The molecule has 0 fully saturated rings. The van der Waals surface area contributed by atoms with Crippen molar-refractivity contribution in [2.75, 3.05) is 0 Å². The molecule has 0 bridgehead atoms. The second-order valence-corrected chi connectivity index (χ2v) is 8.68. The Morgan fingerprint density at radius 1 is 1.28 bits per heavy atom. The Bertz CT molecular complexity index is 530. The Hall–Kier alpha value is -0.136. The molecule has 1 aliphatic heterocycles. The fraction of sp³-hybridized carbons (Fsp3) is 0.609. The van der Waals surface area contributed by atoms with E-state index in [9.17, 15) is 0 Å². The first-order valence-corrected chi connectivity index (χ1v) is 9.11. The molecule has 1 heterocycles. The summed E-state index contributed by atoms with van der Waals surface area (Å²) in [7, 11) is 0. The molecule has 0 N–H and O–H groups in total. The molecule has 0 radical (unpaired) electrons. The van der Waals surface area contributed by atoms with Gasteiger partial charge in [-0.2, -0.15) is 6.42 Å². The zero-order valence-corrected chi connectivity index (χ0v) is 20.1. The summed E-state index contributed by atoms with van der Waals surface area (Å²) in [5.41, 5.74) is 3.47. The first-order chi connectivity index (χ1) is 11.1. The quantitative estimate of drug-likeness (QED) is 0.357. The van der Waals surface area contributed by atoms with Crippen molar-refractivity contribution in [2.24, 2.45) is 15.8 Å². The normalized spacial score (nSPS) is 21.1. The minimum Gasteiger partial charge on any atom is -0.496 e. The van der Waals surface area contributed by atoms with Crippen LogP contribution in [0.15, 0.2) is 34.9 Å². The van der Waals surface area contributed by atoms with Crippen LogP contribution in [0.4, 0.5) is 0 Å². The fourth-order valence-electron chi connectivity index (χ4n) is 3.06. The van der Waals surface area contributed by atoms with E-state index < -0.39 is 0 Å². The summed E-state index contributed by atoms with van der Waals surface area (Å²) in [5.74, 6) is 0. The van der Waals surface area contributed by atoms with E-state index in [1.165, 1.54) is 5.71 Å². The zero-order chi connectivity index (χ0) is 18.4.